The van der Waals surface area contributed by atoms with E-state index >= 15 is 0 Å². The van der Waals surface area contributed by atoms with Crippen LogP contribution in [-0.2, 0) is 33.3 Å². The van der Waals surface area contributed by atoms with Gasteiger partial charge < -0.3 is 24.1 Å². The van der Waals surface area contributed by atoms with Crippen LogP contribution in [0.4, 0.5) is 0 Å². The molecule has 0 radical (unpaired) electrons. The molecular weight excluding hydrogens is 392 g/mol. The first-order valence-corrected chi connectivity index (χ1v) is 10.1. The molecule has 1 saturated heterocycles. The fourth-order valence-corrected chi connectivity index (χ4v) is 3.98. The fourth-order valence-electron chi connectivity index (χ4n) is 3.98. The van der Waals surface area contributed by atoms with Crippen LogP contribution in [0.1, 0.15) is 53.9 Å². The Morgan fingerprint density at radius 3 is 2.67 bits per heavy atom. The smallest absolute Gasteiger partial charge is 0.343 e. The zero-order chi connectivity index (χ0) is 22.3. The quantitative estimate of drug-likeness (QED) is 0.420. The molecule has 3 aliphatic heterocycles. The number of esters is 3. The molecule has 3 aliphatic rings. The summed E-state index contributed by atoms with van der Waals surface area (Å²) in [6.45, 7) is 7.90. The minimum Gasteiger partial charge on any atom is -0.461 e. The zero-order valence-electron chi connectivity index (χ0n) is 17.9. The second-order valence-electron chi connectivity index (χ2n) is 8.33. The summed E-state index contributed by atoms with van der Waals surface area (Å²) in [7, 11) is 0. The first kappa shape index (κ1) is 22.2. The average molecular weight is 420 g/mol. The molecule has 0 unspecified atom stereocenters. The Kier molecular flexibility index (Phi) is 5.93. The number of fused-ring (bicyclic) bond motifs is 3. The van der Waals surface area contributed by atoms with Crippen molar-refractivity contribution in [1.82, 2.24) is 0 Å². The number of carbonyl (C=O) groups excluding carboxylic acids is 3. The van der Waals surface area contributed by atoms with E-state index in [4.69, 9.17) is 18.9 Å². The molecule has 8 heteroatoms. The van der Waals surface area contributed by atoms with Crippen LogP contribution in [0.15, 0.2) is 34.6 Å². The monoisotopic (exact) mass is 420 g/mol. The highest BCUT2D eigenvalue weighted by molar-refractivity contribution is 5.96. The van der Waals surface area contributed by atoms with Crippen molar-refractivity contribution in [3.63, 3.8) is 0 Å². The summed E-state index contributed by atoms with van der Waals surface area (Å²) in [6, 6.07) is 0. The van der Waals surface area contributed by atoms with Gasteiger partial charge in [-0.1, -0.05) is 13.0 Å². The van der Waals surface area contributed by atoms with Gasteiger partial charge in [-0.2, -0.15) is 0 Å². The lowest BCUT2D eigenvalue weighted by molar-refractivity contribution is -0.238. The molecule has 3 heterocycles. The van der Waals surface area contributed by atoms with Gasteiger partial charge in [-0.3, -0.25) is 4.79 Å². The highest BCUT2D eigenvalue weighted by atomic mass is 16.6. The molecule has 0 aromatic heterocycles. The highest BCUT2D eigenvalue weighted by Crippen LogP contribution is 2.47. The maximum atomic E-state index is 12.6. The van der Waals surface area contributed by atoms with Crippen LogP contribution >= 0.6 is 0 Å². The van der Waals surface area contributed by atoms with Gasteiger partial charge >= 0.3 is 17.9 Å². The number of hydrogen-bond donors (Lipinski definition) is 1. The van der Waals surface area contributed by atoms with Crippen LogP contribution in [0, 0.1) is 5.92 Å². The van der Waals surface area contributed by atoms with Crippen molar-refractivity contribution in [3.05, 3.63) is 34.6 Å². The number of allylic oxidation sites excluding steroid dienone is 1. The molecule has 1 fully saturated rings. The predicted molar refractivity (Wildman–Crippen MR) is 105 cm³/mol. The average Bonchev–Trinajstić information content (AvgIpc) is 3.14. The van der Waals surface area contributed by atoms with Gasteiger partial charge in [-0.25, -0.2) is 9.59 Å². The molecular formula is C22H28O8. The first-order chi connectivity index (χ1) is 14.0. The summed E-state index contributed by atoms with van der Waals surface area (Å²) >= 11 is 0. The minimum atomic E-state index is -1.40. The van der Waals surface area contributed by atoms with Crippen molar-refractivity contribution >= 4 is 17.9 Å². The van der Waals surface area contributed by atoms with E-state index in [1.54, 1.807) is 32.9 Å². The molecule has 30 heavy (non-hydrogen) atoms. The Hall–Kier alpha value is -2.45. The predicted octanol–water partition coefficient (Wildman–Crippen LogP) is 2.46. The lowest BCUT2D eigenvalue weighted by Crippen LogP contribution is -2.40. The van der Waals surface area contributed by atoms with E-state index in [1.807, 2.05) is 6.92 Å². The second kappa shape index (κ2) is 8.00. The second-order valence-corrected chi connectivity index (χ2v) is 8.33. The van der Waals surface area contributed by atoms with Gasteiger partial charge in [0.25, 0.3) is 0 Å². The zero-order valence-corrected chi connectivity index (χ0v) is 17.9. The number of carbonyl (C=O) groups is 3. The Labute approximate surface area is 175 Å². The van der Waals surface area contributed by atoms with Gasteiger partial charge in [0.15, 0.2) is 5.79 Å². The third kappa shape index (κ3) is 4.20. The lowest BCUT2D eigenvalue weighted by Gasteiger charge is -2.33. The fraction of sp³-hybridized carbons (Fsp3) is 0.591. The standard InChI is InChI=1S/C22H28O8/c1-6-12(2)19(24)28-16-9-13(3)22(26)8-7-21(5,30-22)10-17-18(16)15(20(25)29-17)11-27-14(4)23/h6,10,13,16,26H,7-9,11H2,1-5H3/b12-6+,17-10?/t13-,16+,21+,22+/m1/s1. The highest BCUT2D eigenvalue weighted by Gasteiger charge is 2.52. The van der Waals surface area contributed by atoms with Crippen LogP contribution in [0.2, 0.25) is 0 Å². The Balaban J connectivity index is 2.12. The van der Waals surface area contributed by atoms with E-state index in [0.29, 0.717) is 24.0 Å². The van der Waals surface area contributed by atoms with Crippen molar-refractivity contribution < 1.29 is 38.4 Å². The summed E-state index contributed by atoms with van der Waals surface area (Å²) in [5.74, 6) is -3.35. The van der Waals surface area contributed by atoms with Crippen molar-refractivity contribution in [2.45, 2.75) is 71.4 Å². The van der Waals surface area contributed by atoms with E-state index in [0.717, 1.165) is 0 Å². The summed E-state index contributed by atoms with van der Waals surface area (Å²) in [6.07, 6.45) is 3.51. The maximum Gasteiger partial charge on any atom is 0.343 e. The van der Waals surface area contributed by atoms with Crippen LogP contribution in [0.5, 0.6) is 0 Å². The third-order valence-corrected chi connectivity index (χ3v) is 5.95. The molecule has 0 aromatic carbocycles. The molecule has 4 atom stereocenters. The van der Waals surface area contributed by atoms with Crippen molar-refractivity contribution in [2.75, 3.05) is 6.61 Å². The van der Waals surface area contributed by atoms with Crippen LogP contribution in [0.25, 0.3) is 0 Å². The largest absolute Gasteiger partial charge is 0.461 e. The molecule has 164 valence electrons. The molecule has 0 saturated carbocycles. The third-order valence-electron chi connectivity index (χ3n) is 5.95. The van der Waals surface area contributed by atoms with E-state index < -0.39 is 41.3 Å². The molecule has 0 spiro atoms. The van der Waals surface area contributed by atoms with Gasteiger partial charge in [-0.15, -0.1) is 0 Å². The Morgan fingerprint density at radius 2 is 2.03 bits per heavy atom. The summed E-state index contributed by atoms with van der Waals surface area (Å²) in [5.41, 5.74) is 0.0157. The van der Waals surface area contributed by atoms with Gasteiger partial charge in [-0.05, 0) is 39.7 Å². The molecule has 8 nitrogen and oxygen atoms in total. The molecule has 3 rings (SSSR count). The van der Waals surface area contributed by atoms with E-state index in [9.17, 15) is 19.5 Å². The topological polar surface area (TPSA) is 108 Å². The van der Waals surface area contributed by atoms with Gasteiger partial charge in [0, 0.05) is 30.4 Å². The number of rotatable bonds is 4. The van der Waals surface area contributed by atoms with Crippen LogP contribution < -0.4 is 0 Å². The SMILES string of the molecule is C/C=C(\C)C(=O)O[C@H]1C[C@@H](C)[C@]2(O)CC[C@@](C)(C=C3OC(=O)C(COC(C)=O)=C31)O2. The summed E-state index contributed by atoms with van der Waals surface area (Å²) in [5, 5.41) is 11.1. The van der Waals surface area contributed by atoms with Crippen molar-refractivity contribution in [2.24, 2.45) is 5.92 Å². The molecule has 1 N–H and O–H groups in total. The number of aliphatic hydroxyl groups is 1. The van der Waals surface area contributed by atoms with E-state index in [-0.39, 0.29) is 24.4 Å². The summed E-state index contributed by atoms with van der Waals surface area (Å²) in [4.78, 5) is 36.5. The lowest BCUT2D eigenvalue weighted by atomic mass is 9.86. The molecule has 0 amide bonds. The molecule has 0 aliphatic carbocycles. The van der Waals surface area contributed by atoms with E-state index in [2.05, 4.69) is 0 Å². The molecule has 2 bridgehead atoms. The minimum absolute atomic E-state index is 0.118. The van der Waals surface area contributed by atoms with Crippen LogP contribution in [-0.4, -0.2) is 47.1 Å². The molecule has 0 aromatic rings. The van der Waals surface area contributed by atoms with Gasteiger partial charge in [0.1, 0.15) is 18.5 Å². The Morgan fingerprint density at radius 1 is 1.33 bits per heavy atom. The Bertz CT molecular complexity index is 866. The summed E-state index contributed by atoms with van der Waals surface area (Å²) < 4.78 is 22.3. The van der Waals surface area contributed by atoms with Crippen LogP contribution in [0.3, 0.4) is 0 Å². The first-order valence-electron chi connectivity index (χ1n) is 10.1. The van der Waals surface area contributed by atoms with Gasteiger partial charge in [0.2, 0.25) is 0 Å². The van der Waals surface area contributed by atoms with Crippen molar-refractivity contribution in [3.8, 4) is 0 Å². The van der Waals surface area contributed by atoms with Crippen molar-refractivity contribution in [1.29, 1.82) is 0 Å². The van der Waals surface area contributed by atoms with Gasteiger partial charge in [0.05, 0.1) is 11.2 Å². The van der Waals surface area contributed by atoms with E-state index in [1.165, 1.54) is 6.92 Å². The maximum absolute atomic E-state index is 12.6. The normalized spacial score (nSPS) is 33.7. The number of ether oxygens (including phenoxy) is 4. The number of hydrogen-bond acceptors (Lipinski definition) is 8.